The number of halogens is 1. The molecule has 1 aromatic heterocycles. The molecule has 1 amide bonds. The van der Waals surface area contributed by atoms with Crippen LogP contribution in [0.2, 0.25) is 0 Å². The number of benzene rings is 2. The zero-order valence-corrected chi connectivity index (χ0v) is 20.0. The Bertz CT molecular complexity index is 1120. The molecule has 0 fully saturated rings. The van der Waals surface area contributed by atoms with Gasteiger partial charge in [-0.3, -0.25) is 9.69 Å². The van der Waals surface area contributed by atoms with E-state index in [-0.39, 0.29) is 5.91 Å². The van der Waals surface area contributed by atoms with E-state index in [1.54, 1.807) is 23.6 Å². The van der Waals surface area contributed by atoms with E-state index >= 15 is 0 Å². The summed E-state index contributed by atoms with van der Waals surface area (Å²) in [5, 5.41) is 9.38. The van der Waals surface area contributed by atoms with Crippen molar-refractivity contribution in [3.8, 4) is 17.1 Å². The van der Waals surface area contributed by atoms with Crippen LogP contribution in [0.1, 0.15) is 44.0 Å². The Labute approximate surface area is 194 Å². The lowest BCUT2D eigenvalue weighted by Gasteiger charge is -2.30. The first-order valence-corrected chi connectivity index (χ1v) is 12.0. The zero-order chi connectivity index (χ0) is 22.0. The summed E-state index contributed by atoms with van der Waals surface area (Å²) in [6.45, 7) is 5.70. The molecule has 0 saturated heterocycles. The van der Waals surface area contributed by atoms with Gasteiger partial charge in [0.1, 0.15) is 0 Å². The van der Waals surface area contributed by atoms with Gasteiger partial charge in [-0.05, 0) is 37.6 Å². The van der Waals surface area contributed by atoms with E-state index in [0.29, 0.717) is 16.7 Å². The third-order valence-electron chi connectivity index (χ3n) is 4.96. The monoisotopic (exact) mass is 498 g/mol. The molecule has 0 radical (unpaired) electrons. The molecule has 0 saturated carbocycles. The normalized spacial score (nSPS) is 15.0. The number of hydrogen-bond acceptors (Lipinski definition) is 6. The van der Waals surface area contributed by atoms with E-state index in [2.05, 4.69) is 38.0 Å². The summed E-state index contributed by atoms with van der Waals surface area (Å²) >= 11 is 5.09. The summed E-state index contributed by atoms with van der Waals surface area (Å²) in [4.78, 5) is 19.2. The number of ether oxygens (including phenoxy) is 1. The first kappa shape index (κ1) is 21.8. The predicted molar refractivity (Wildman–Crippen MR) is 126 cm³/mol. The molecule has 4 rings (SSSR count). The molecule has 2 aromatic carbocycles. The van der Waals surface area contributed by atoms with Crippen LogP contribution < -0.4 is 9.64 Å². The van der Waals surface area contributed by atoms with Gasteiger partial charge in [0.2, 0.25) is 23.2 Å². The summed E-state index contributed by atoms with van der Waals surface area (Å²) in [6.07, 6.45) is 1.50. The van der Waals surface area contributed by atoms with Crippen LogP contribution >= 0.6 is 27.7 Å². The van der Waals surface area contributed by atoms with Gasteiger partial charge in [0.05, 0.1) is 5.69 Å². The van der Waals surface area contributed by atoms with Gasteiger partial charge in [-0.2, -0.15) is 4.98 Å². The Kier molecular flexibility index (Phi) is 6.57. The van der Waals surface area contributed by atoms with Crippen molar-refractivity contribution >= 4 is 39.3 Å². The van der Waals surface area contributed by atoms with Crippen molar-refractivity contribution in [1.29, 1.82) is 0 Å². The molecule has 2 heterocycles. The molecular formula is C23H23BrN4O2S. The fraction of sp³-hybridized carbons (Fsp3) is 0.304. The second-order valence-electron chi connectivity index (χ2n) is 7.38. The second kappa shape index (κ2) is 9.36. The van der Waals surface area contributed by atoms with Crippen LogP contribution in [0, 0.1) is 6.92 Å². The number of fused-ring (bicyclic) bond motifs is 3. The number of carbonyl (C=O) groups excluding carboxylic acids is 1. The fourth-order valence-electron chi connectivity index (χ4n) is 3.46. The van der Waals surface area contributed by atoms with Crippen molar-refractivity contribution in [1.82, 2.24) is 15.2 Å². The number of anilines is 1. The van der Waals surface area contributed by atoms with Crippen LogP contribution in [0.3, 0.4) is 0 Å². The first-order valence-electron chi connectivity index (χ1n) is 10.2. The minimum atomic E-state index is -0.678. The molecule has 0 aliphatic carbocycles. The average Bonchev–Trinajstić information content (AvgIpc) is 2.88. The van der Waals surface area contributed by atoms with Gasteiger partial charge < -0.3 is 4.74 Å². The lowest BCUT2D eigenvalue weighted by Crippen LogP contribution is -2.36. The number of nitrogens with zero attached hydrogens (tertiary/aromatic N) is 4. The van der Waals surface area contributed by atoms with E-state index in [0.717, 1.165) is 45.4 Å². The molecule has 6 nitrogen and oxygen atoms in total. The summed E-state index contributed by atoms with van der Waals surface area (Å²) < 4.78 is 7.30. The van der Waals surface area contributed by atoms with Gasteiger partial charge >= 0.3 is 0 Å². The van der Waals surface area contributed by atoms with E-state index < -0.39 is 6.23 Å². The Balaban J connectivity index is 1.89. The second-order valence-corrected chi connectivity index (χ2v) is 9.36. The lowest BCUT2D eigenvalue weighted by atomic mass is 10.0. The van der Waals surface area contributed by atoms with Gasteiger partial charge in [-0.25, -0.2) is 0 Å². The number of carbonyl (C=O) groups is 1. The van der Waals surface area contributed by atoms with Crippen LogP contribution in [-0.4, -0.2) is 26.8 Å². The highest BCUT2D eigenvalue weighted by molar-refractivity contribution is 9.10. The molecule has 0 spiro atoms. The fourth-order valence-corrected chi connectivity index (χ4v) is 4.74. The highest BCUT2D eigenvalue weighted by atomic mass is 79.9. The summed E-state index contributed by atoms with van der Waals surface area (Å²) in [5.41, 5.74) is 3.94. The summed E-state index contributed by atoms with van der Waals surface area (Å²) in [7, 11) is 0. The first-order chi connectivity index (χ1) is 15.0. The van der Waals surface area contributed by atoms with Crippen LogP contribution in [-0.2, 0) is 4.79 Å². The van der Waals surface area contributed by atoms with Crippen LogP contribution in [0.5, 0.6) is 5.88 Å². The molecule has 3 aromatic rings. The SMILES string of the molecule is CCCCSc1nnc2c(n1)O[C@@H](c1cccc(Br)c1)N(C(C)=O)c1ccc(C)cc1-2. The van der Waals surface area contributed by atoms with E-state index in [9.17, 15) is 4.79 Å². The molecule has 1 aliphatic heterocycles. The number of rotatable bonds is 5. The molecule has 0 unspecified atom stereocenters. The predicted octanol–water partition coefficient (Wildman–Crippen LogP) is 5.95. The van der Waals surface area contributed by atoms with Crippen molar-refractivity contribution in [2.45, 2.75) is 45.0 Å². The van der Waals surface area contributed by atoms with Gasteiger partial charge in [0.15, 0.2) is 5.69 Å². The zero-order valence-electron chi connectivity index (χ0n) is 17.6. The van der Waals surface area contributed by atoms with Crippen LogP contribution in [0.15, 0.2) is 52.1 Å². The van der Waals surface area contributed by atoms with Crippen molar-refractivity contribution in [2.24, 2.45) is 0 Å². The highest BCUT2D eigenvalue weighted by Crippen LogP contribution is 2.44. The number of thioether (sulfide) groups is 1. The van der Waals surface area contributed by atoms with E-state index in [4.69, 9.17) is 4.74 Å². The third-order valence-corrected chi connectivity index (χ3v) is 6.38. The topological polar surface area (TPSA) is 68.2 Å². The maximum absolute atomic E-state index is 12.8. The van der Waals surface area contributed by atoms with Crippen molar-refractivity contribution in [3.63, 3.8) is 0 Å². The minimum absolute atomic E-state index is 0.131. The highest BCUT2D eigenvalue weighted by Gasteiger charge is 2.34. The molecule has 160 valence electrons. The number of hydrogen-bond donors (Lipinski definition) is 0. The maximum Gasteiger partial charge on any atom is 0.247 e. The van der Waals surface area contributed by atoms with Crippen molar-refractivity contribution < 1.29 is 9.53 Å². The van der Waals surface area contributed by atoms with Crippen molar-refractivity contribution in [3.05, 3.63) is 58.1 Å². The molecule has 0 bridgehead atoms. The Hall–Kier alpha value is -2.45. The molecule has 0 N–H and O–H groups in total. The van der Waals surface area contributed by atoms with Crippen LogP contribution in [0.25, 0.3) is 11.3 Å². The van der Waals surface area contributed by atoms with Gasteiger partial charge in [-0.15, -0.1) is 10.2 Å². The average molecular weight is 499 g/mol. The third kappa shape index (κ3) is 4.60. The molecule has 1 atom stereocenters. The summed E-state index contributed by atoms with van der Waals surface area (Å²) in [5.74, 6) is 1.17. The van der Waals surface area contributed by atoms with Crippen molar-refractivity contribution in [2.75, 3.05) is 10.7 Å². The minimum Gasteiger partial charge on any atom is -0.447 e. The maximum atomic E-state index is 12.8. The molecule has 31 heavy (non-hydrogen) atoms. The van der Waals surface area contributed by atoms with Crippen LogP contribution in [0.4, 0.5) is 5.69 Å². The molecule has 1 aliphatic rings. The standard InChI is InChI=1S/C23H23BrN4O2S/c1-4-5-11-31-23-25-21-20(26-27-23)18-12-14(2)9-10-19(18)28(15(3)29)22(30-21)16-7-6-8-17(24)13-16/h6-10,12-13,22H,4-5,11H2,1-3H3/t22-/m0/s1. The summed E-state index contributed by atoms with van der Waals surface area (Å²) in [6, 6.07) is 13.7. The Morgan fingerprint density at radius 3 is 2.81 bits per heavy atom. The number of aryl methyl sites for hydroxylation is 1. The van der Waals surface area contributed by atoms with Gasteiger partial charge in [0, 0.05) is 28.3 Å². The van der Waals surface area contributed by atoms with E-state index in [1.165, 1.54) is 0 Å². The Morgan fingerprint density at radius 2 is 2.06 bits per heavy atom. The van der Waals surface area contributed by atoms with E-state index in [1.807, 2.05) is 49.4 Å². The number of unbranched alkanes of at least 4 members (excludes halogenated alkanes) is 1. The quantitative estimate of drug-likeness (QED) is 0.320. The largest absolute Gasteiger partial charge is 0.447 e. The number of amides is 1. The Morgan fingerprint density at radius 1 is 1.23 bits per heavy atom. The van der Waals surface area contributed by atoms with Gasteiger partial charge in [0.25, 0.3) is 0 Å². The molecular weight excluding hydrogens is 476 g/mol. The molecule has 8 heteroatoms. The van der Waals surface area contributed by atoms with Gasteiger partial charge in [-0.1, -0.05) is 64.8 Å². The lowest BCUT2D eigenvalue weighted by molar-refractivity contribution is -0.118. The smallest absolute Gasteiger partial charge is 0.247 e. The number of aromatic nitrogens is 3.